The lowest BCUT2D eigenvalue weighted by Crippen LogP contribution is -2.25. The van der Waals surface area contributed by atoms with Crippen LogP contribution in [0, 0.1) is 40.8 Å². The molecule has 4 rings (SSSR count). The van der Waals surface area contributed by atoms with E-state index in [1.54, 1.807) is 6.92 Å². The fourth-order valence-corrected chi connectivity index (χ4v) is 4.88. The first kappa shape index (κ1) is 30.6. The molecule has 2 atom stereocenters. The molecular weight excluding hydrogens is 560 g/mol. The van der Waals surface area contributed by atoms with E-state index in [9.17, 15) is 22.0 Å². The number of hydrogen-bond acceptors (Lipinski definition) is 3. The molecule has 1 unspecified atom stereocenters. The van der Waals surface area contributed by atoms with E-state index in [4.69, 9.17) is 9.47 Å². The first-order valence-corrected chi connectivity index (χ1v) is 13.2. The zero-order chi connectivity index (χ0) is 29.9. The van der Waals surface area contributed by atoms with Crippen molar-refractivity contribution in [2.45, 2.75) is 58.2 Å². The van der Waals surface area contributed by atoms with Gasteiger partial charge in [-0.15, -0.1) is 0 Å². The van der Waals surface area contributed by atoms with E-state index in [0.717, 1.165) is 25.3 Å². The van der Waals surface area contributed by atoms with Gasteiger partial charge in [-0.2, -0.15) is 8.78 Å². The quantitative estimate of drug-likeness (QED) is 0.175. The summed E-state index contributed by atoms with van der Waals surface area (Å²) in [6.45, 7) is 4.53. The van der Waals surface area contributed by atoms with Crippen molar-refractivity contribution in [1.29, 1.82) is 0 Å². The van der Waals surface area contributed by atoms with Crippen LogP contribution >= 0.6 is 0 Å². The van der Waals surface area contributed by atoms with Crippen molar-refractivity contribution in [2.24, 2.45) is 5.92 Å². The molecule has 0 amide bonds. The van der Waals surface area contributed by atoms with Gasteiger partial charge in [0.25, 0.3) is 0 Å². The Balaban J connectivity index is 1.68. The Hall–Kier alpha value is -3.34. The smallest absolute Gasteiger partial charge is 0.432 e. The molecule has 3 aromatic rings. The topological polar surface area (TPSA) is 27.7 Å². The highest BCUT2D eigenvalue weighted by Gasteiger charge is 2.42. The van der Waals surface area contributed by atoms with Crippen LogP contribution < -0.4 is 9.47 Å². The summed E-state index contributed by atoms with van der Waals surface area (Å²) in [7, 11) is 0. The van der Waals surface area contributed by atoms with Crippen molar-refractivity contribution in [3.05, 3.63) is 82.4 Å². The van der Waals surface area contributed by atoms with Crippen molar-refractivity contribution >= 4 is 0 Å². The molecule has 0 spiro atoms. The van der Waals surface area contributed by atoms with E-state index in [1.807, 2.05) is 0 Å². The minimum absolute atomic E-state index is 0.0482. The number of alkyl halides is 2. The average Bonchev–Trinajstić information content (AvgIpc) is 2.90. The minimum atomic E-state index is -4.78. The van der Waals surface area contributed by atoms with E-state index < -0.39 is 64.0 Å². The summed E-state index contributed by atoms with van der Waals surface area (Å²) in [5.74, 6) is -11.0. The van der Waals surface area contributed by atoms with Gasteiger partial charge in [-0.05, 0) is 67.0 Å². The SMILES string of the molecule is CCCOc1cc([C@H]2CCC(CCC)CO2)cc(F)c1-c1cc(F)c(C(F)(F)Oc2cc(F)c(F)c(F)c2)c(F)c1. The highest BCUT2D eigenvalue weighted by Crippen LogP contribution is 2.42. The van der Waals surface area contributed by atoms with Gasteiger partial charge in [-0.1, -0.05) is 20.3 Å². The molecule has 1 saturated heterocycles. The van der Waals surface area contributed by atoms with Gasteiger partial charge in [0.2, 0.25) is 0 Å². The van der Waals surface area contributed by atoms with Crippen LogP contribution in [0.4, 0.5) is 35.1 Å². The van der Waals surface area contributed by atoms with Crippen molar-refractivity contribution in [3.63, 3.8) is 0 Å². The van der Waals surface area contributed by atoms with Crippen molar-refractivity contribution < 1.29 is 49.3 Å². The second kappa shape index (κ2) is 12.7. The molecule has 0 saturated carbocycles. The fourth-order valence-electron chi connectivity index (χ4n) is 4.88. The number of ether oxygens (including phenoxy) is 3. The van der Waals surface area contributed by atoms with Gasteiger partial charge < -0.3 is 14.2 Å². The van der Waals surface area contributed by atoms with Crippen LogP contribution in [0.3, 0.4) is 0 Å². The molecule has 41 heavy (non-hydrogen) atoms. The predicted octanol–water partition coefficient (Wildman–Crippen LogP) is 9.37. The highest BCUT2D eigenvalue weighted by molar-refractivity contribution is 5.72. The second-order valence-corrected chi connectivity index (χ2v) is 9.91. The van der Waals surface area contributed by atoms with E-state index in [-0.39, 0.29) is 30.1 Å². The van der Waals surface area contributed by atoms with Gasteiger partial charge in [-0.25, -0.2) is 26.3 Å². The lowest BCUT2D eigenvalue weighted by molar-refractivity contribution is -0.189. The third kappa shape index (κ3) is 6.77. The van der Waals surface area contributed by atoms with Crippen LogP contribution in [0.15, 0.2) is 36.4 Å². The third-order valence-electron chi connectivity index (χ3n) is 6.80. The molecule has 0 radical (unpaired) electrons. The molecule has 1 aliphatic rings. The molecule has 3 nitrogen and oxygen atoms in total. The van der Waals surface area contributed by atoms with Crippen LogP contribution in [-0.2, 0) is 10.8 Å². The summed E-state index contributed by atoms with van der Waals surface area (Å²) in [6, 6.07) is 3.83. The Morgan fingerprint density at radius 1 is 0.805 bits per heavy atom. The summed E-state index contributed by atoms with van der Waals surface area (Å²) in [5.41, 5.74) is -2.19. The summed E-state index contributed by atoms with van der Waals surface area (Å²) in [6.07, 6.45) is -1.10. The summed E-state index contributed by atoms with van der Waals surface area (Å²) in [4.78, 5) is 0. The predicted molar refractivity (Wildman–Crippen MR) is 135 cm³/mol. The molecule has 222 valence electrons. The van der Waals surface area contributed by atoms with Crippen LogP contribution in [0.1, 0.15) is 63.2 Å². The maximum absolute atomic E-state index is 15.5. The van der Waals surface area contributed by atoms with Gasteiger partial charge in [0.15, 0.2) is 17.5 Å². The van der Waals surface area contributed by atoms with Crippen LogP contribution in [0.5, 0.6) is 11.5 Å². The Labute approximate surface area is 232 Å². The molecule has 1 heterocycles. The Bertz CT molecular complexity index is 1340. The normalized spacial score (nSPS) is 17.5. The Morgan fingerprint density at radius 3 is 2.02 bits per heavy atom. The van der Waals surface area contributed by atoms with E-state index >= 15 is 13.2 Å². The maximum atomic E-state index is 15.5. The van der Waals surface area contributed by atoms with Gasteiger partial charge in [0.05, 0.1) is 24.9 Å². The number of hydrogen-bond donors (Lipinski definition) is 0. The highest BCUT2D eigenvalue weighted by atomic mass is 19.3. The van der Waals surface area contributed by atoms with E-state index in [1.165, 1.54) is 6.07 Å². The molecule has 3 aromatic carbocycles. The number of rotatable bonds is 10. The first-order chi connectivity index (χ1) is 19.4. The molecule has 0 bridgehead atoms. The number of benzene rings is 3. The monoisotopic (exact) mass is 588 g/mol. The molecular formula is C30H28F8O3. The van der Waals surface area contributed by atoms with E-state index in [0.29, 0.717) is 43.1 Å². The fraction of sp³-hybridized carbons (Fsp3) is 0.400. The standard InChI is InChI=1S/C30H28F8O3/c1-3-5-16-6-7-25(40-15-16)17-9-20(31)27(26(12-17)39-8-4-2)18-10-21(32)28(22(33)11-18)30(37,38)41-19-13-23(34)29(36)24(35)14-19/h9-14,16,25H,3-8,15H2,1-2H3/t16?,25-/m1/s1. The van der Waals surface area contributed by atoms with Crippen molar-refractivity contribution in [3.8, 4) is 22.6 Å². The summed E-state index contributed by atoms with van der Waals surface area (Å²) < 4.78 is 131. The molecule has 0 aliphatic carbocycles. The lowest BCUT2D eigenvalue weighted by Gasteiger charge is -2.29. The zero-order valence-corrected chi connectivity index (χ0v) is 22.3. The molecule has 1 aliphatic heterocycles. The maximum Gasteiger partial charge on any atom is 0.432 e. The largest absolute Gasteiger partial charge is 0.493 e. The van der Waals surface area contributed by atoms with Crippen LogP contribution in [0.2, 0.25) is 0 Å². The van der Waals surface area contributed by atoms with Crippen molar-refractivity contribution in [1.82, 2.24) is 0 Å². The average molecular weight is 589 g/mol. The molecule has 1 fully saturated rings. The second-order valence-electron chi connectivity index (χ2n) is 9.91. The molecule has 0 aromatic heterocycles. The zero-order valence-electron chi connectivity index (χ0n) is 22.3. The number of halogens is 8. The van der Waals surface area contributed by atoms with Gasteiger partial charge >= 0.3 is 6.11 Å². The Kier molecular flexibility index (Phi) is 9.46. The van der Waals surface area contributed by atoms with Crippen molar-refractivity contribution in [2.75, 3.05) is 13.2 Å². The van der Waals surface area contributed by atoms with Crippen LogP contribution in [0.25, 0.3) is 11.1 Å². The Morgan fingerprint density at radius 2 is 1.46 bits per heavy atom. The summed E-state index contributed by atoms with van der Waals surface area (Å²) in [5, 5.41) is 0. The molecule has 11 heteroatoms. The van der Waals surface area contributed by atoms with Gasteiger partial charge in [-0.3, -0.25) is 0 Å². The third-order valence-corrected chi connectivity index (χ3v) is 6.80. The minimum Gasteiger partial charge on any atom is -0.493 e. The lowest BCUT2D eigenvalue weighted by atomic mass is 9.90. The first-order valence-electron chi connectivity index (χ1n) is 13.2. The van der Waals surface area contributed by atoms with E-state index in [2.05, 4.69) is 11.7 Å². The van der Waals surface area contributed by atoms with Gasteiger partial charge in [0, 0.05) is 12.1 Å². The van der Waals surface area contributed by atoms with Gasteiger partial charge in [0.1, 0.15) is 34.5 Å². The van der Waals surface area contributed by atoms with Crippen LogP contribution in [-0.4, -0.2) is 13.2 Å². The molecule has 0 N–H and O–H groups in total. The summed E-state index contributed by atoms with van der Waals surface area (Å²) >= 11 is 0.